The number of piperazine rings is 1. The molecule has 0 N–H and O–H groups in total. The van der Waals surface area contributed by atoms with E-state index in [1.54, 1.807) is 0 Å². The Morgan fingerprint density at radius 1 is 1.00 bits per heavy atom. The van der Waals surface area contributed by atoms with E-state index >= 15 is 0 Å². The Labute approximate surface area is 128 Å². The van der Waals surface area contributed by atoms with Crippen molar-refractivity contribution in [2.75, 3.05) is 31.1 Å². The molecule has 7 nitrogen and oxygen atoms in total. The van der Waals surface area contributed by atoms with Gasteiger partial charge in [0.2, 0.25) is 0 Å². The molecule has 1 aliphatic heterocycles. The largest absolute Gasteiger partial charge is 0.352 e. The number of nitrogens with zero attached hydrogens (tertiary/aromatic N) is 6. The first-order chi connectivity index (χ1) is 10.8. The van der Waals surface area contributed by atoms with Gasteiger partial charge in [-0.1, -0.05) is 0 Å². The Balaban J connectivity index is 2.03. The first kappa shape index (κ1) is 14.3. The molecule has 0 amide bonds. The lowest BCUT2D eigenvalue weighted by Gasteiger charge is -2.33. The molecule has 0 aromatic carbocycles. The van der Waals surface area contributed by atoms with Crippen LogP contribution in [-0.2, 0) is 12.8 Å². The fourth-order valence-electron chi connectivity index (χ4n) is 3.18. The number of rotatable bonds is 2. The van der Waals surface area contributed by atoms with Crippen LogP contribution >= 0.6 is 0 Å². The summed E-state index contributed by atoms with van der Waals surface area (Å²) in [6.45, 7) is 2.18. The van der Waals surface area contributed by atoms with E-state index in [0.717, 1.165) is 36.9 Å². The third kappa shape index (κ3) is 2.35. The summed E-state index contributed by atoms with van der Waals surface area (Å²) in [6.07, 6.45) is 3.79. The molecule has 7 heteroatoms. The lowest BCUT2D eigenvalue weighted by atomic mass is 9.90. The van der Waals surface area contributed by atoms with Crippen LogP contribution in [0.1, 0.15) is 35.2 Å². The minimum atomic E-state index is 0.371. The molecule has 1 aliphatic carbocycles. The fraction of sp³-hybridized carbons (Fsp3) is 0.533. The van der Waals surface area contributed by atoms with Gasteiger partial charge in [0, 0.05) is 18.8 Å². The number of anilines is 1. The van der Waals surface area contributed by atoms with Gasteiger partial charge in [-0.05, 0) is 31.2 Å². The van der Waals surface area contributed by atoms with E-state index in [1.807, 2.05) is 4.90 Å². The van der Waals surface area contributed by atoms with Crippen LogP contribution in [0.15, 0.2) is 5.29 Å². The van der Waals surface area contributed by atoms with Gasteiger partial charge in [-0.2, -0.15) is 10.5 Å². The van der Waals surface area contributed by atoms with Crippen molar-refractivity contribution in [3.63, 3.8) is 0 Å². The summed E-state index contributed by atoms with van der Waals surface area (Å²) in [4.78, 5) is 17.2. The maximum atomic E-state index is 10.6. The lowest BCUT2D eigenvalue weighted by Crippen LogP contribution is -2.44. The number of nitriles is 2. The summed E-state index contributed by atoms with van der Waals surface area (Å²) in [7, 11) is 0. The number of aryl methyl sites for hydroxylation is 1. The minimum Gasteiger partial charge on any atom is -0.352 e. The second kappa shape index (κ2) is 5.98. The highest BCUT2D eigenvalue weighted by atomic mass is 16.3. The lowest BCUT2D eigenvalue weighted by molar-refractivity contribution is 0.266. The molecule has 112 valence electrons. The molecule has 22 heavy (non-hydrogen) atoms. The smallest absolute Gasteiger partial charge is 0.148 e. The number of nitroso groups, excluding NO2 is 1. The van der Waals surface area contributed by atoms with Crippen LogP contribution in [0.4, 0.5) is 5.82 Å². The molecule has 0 unspecified atom stereocenters. The predicted molar refractivity (Wildman–Crippen MR) is 79.9 cm³/mol. The van der Waals surface area contributed by atoms with E-state index in [4.69, 9.17) is 4.98 Å². The van der Waals surface area contributed by atoms with Gasteiger partial charge in [-0.3, -0.25) is 5.01 Å². The van der Waals surface area contributed by atoms with Crippen molar-refractivity contribution in [3.05, 3.63) is 27.3 Å². The first-order valence-corrected chi connectivity index (χ1v) is 7.47. The summed E-state index contributed by atoms with van der Waals surface area (Å²) in [5.41, 5.74) is 2.75. The second-order valence-corrected chi connectivity index (χ2v) is 5.56. The van der Waals surface area contributed by atoms with E-state index in [9.17, 15) is 15.4 Å². The van der Waals surface area contributed by atoms with Crippen LogP contribution in [0, 0.1) is 27.6 Å². The maximum absolute atomic E-state index is 10.6. The van der Waals surface area contributed by atoms with Gasteiger partial charge >= 0.3 is 0 Å². The minimum absolute atomic E-state index is 0.371. The summed E-state index contributed by atoms with van der Waals surface area (Å²) in [5, 5.41) is 23.4. The van der Waals surface area contributed by atoms with E-state index < -0.39 is 0 Å². The Morgan fingerprint density at radius 3 is 2.32 bits per heavy atom. The van der Waals surface area contributed by atoms with Gasteiger partial charge in [0.05, 0.1) is 23.9 Å². The third-order valence-electron chi connectivity index (χ3n) is 4.35. The Kier molecular flexibility index (Phi) is 3.88. The number of aromatic nitrogens is 1. The van der Waals surface area contributed by atoms with Gasteiger partial charge in [0.1, 0.15) is 23.5 Å². The fourth-order valence-corrected chi connectivity index (χ4v) is 3.18. The van der Waals surface area contributed by atoms with Crippen molar-refractivity contribution in [3.8, 4) is 12.1 Å². The monoisotopic (exact) mass is 296 g/mol. The summed E-state index contributed by atoms with van der Waals surface area (Å²) < 4.78 is 0. The second-order valence-electron chi connectivity index (χ2n) is 5.56. The van der Waals surface area contributed by atoms with Gasteiger partial charge in [0.25, 0.3) is 0 Å². The maximum Gasteiger partial charge on any atom is 0.148 e. The summed E-state index contributed by atoms with van der Waals surface area (Å²) in [6, 6.07) is 4.37. The van der Waals surface area contributed by atoms with Crippen LogP contribution < -0.4 is 4.90 Å². The van der Waals surface area contributed by atoms with E-state index in [0.29, 0.717) is 43.1 Å². The van der Waals surface area contributed by atoms with E-state index in [1.165, 1.54) is 5.01 Å². The van der Waals surface area contributed by atoms with Crippen LogP contribution in [0.5, 0.6) is 0 Å². The molecule has 1 aromatic rings. The van der Waals surface area contributed by atoms with Crippen molar-refractivity contribution in [1.82, 2.24) is 9.99 Å². The predicted octanol–water partition coefficient (Wildman–Crippen LogP) is 1.51. The number of hydrogen-bond acceptors (Lipinski definition) is 6. The molecule has 2 aliphatic rings. The van der Waals surface area contributed by atoms with Crippen molar-refractivity contribution < 1.29 is 0 Å². The van der Waals surface area contributed by atoms with Gasteiger partial charge in [0.15, 0.2) is 0 Å². The standard InChI is InChI=1S/C15H16N6O/c16-9-12-11-3-1-2-4-14(11)18-15(13(12)10-17)20-5-7-21(19-22)8-6-20/h1-8H2. The first-order valence-electron chi connectivity index (χ1n) is 7.47. The molecule has 1 fully saturated rings. The van der Waals surface area contributed by atoms with Crippen molar-refractivity contribution in [1.29, 1.82) is 10.5 Å². The molecular formula is C15H16N6O. The Morgan fingerprint density at radius 2 is 1.68 bits per heavy atom. The molecular weight excluding hydrogens is 280 g/mol. The van der Waals surface area contributed by atoms with E-state index in [-0.39, 0.29) is 0 Å². The molecule has 0 atom stereocenters. The molecule has 1 aromatic heterocycles. The van der Waals surface area contributed by atoms with Crippen LogP contribution in [0.25, 0.3) is 0 Å². The molecule has 0 spiro atoms. The molecule has 0 bridgehead atoms. The zero-order valence-electron chi connectivity index (χ0n) is 12.2. The summed E-state index contributed by atoms with van der Waals surface area (Å²) in [5.74, 6) is 0.588. The average molecular weight is 296 g/mol. The number of fused-ring (bicyclic) bond motifs is 1. The van der Waals surface area contributed by atoms with Gasteiger partial charge in [-0.15, -0.1) is 4.91 Å². The highest BCUT2D eigenvalue weighted by Crippen LogP contribution is 2.31. The molecule has 1 saturated heterocycles. The summed E-state index contributed by atoms with van der Waals surface area (Å²) >= 11 is 0. The molecule has 0 radical (unpaired) electrons. The number of hydrogen-bond donors (Lipinski definition) is 0. The van der Waals surface area contributed by atoms with Gasteiger partial charge in [-0.25, -0.2) is 4.98 Å². The highest BCUT2D eigenvalue weighted by Gasteiger charge is 2.26. The Bertz CT molecular complexity index is 679. The molecule has 0 saturated carbocycles. The van der Waals surface area contributed by atoms with Crippen LogP contribution in [0.3, 0.4) is 0 Å². The highest BCUT2D eigenvalue weighted by molar-refractivity contribution is 5.65. The SMILES string of the molecule is N#Cc1c(N2CCN(N=O)CC2)nc2c(c1C#N)CCCC2. The van der Waals surface area contributed by atoms with Crippen LogP contribution in [-0.4, -0.2) is 36.2 Å². The zero-order chi connectivity index (χ0) is 15.5. The zero-order valence-corrected chi connectivity index (χ0v) is 12.2. The van der Waals surface area contributed by atoms with Crippen LogP contribution in [0.2, 0.25) is 0 Å². The number of pyridine rings is 1. The molecule has 2 heterocycles. The normalized spacial score (nSPS) is 17.4. The topological polar surface area (TPSA) is 96.4 Å². The van der Waals surface area contributed by atoms with Crippen molar-refractivity contribution in [2.45, 2.75) is 25.7 Å². The van der Waals surface area contributed by atoms with Crippen molar-refractivity contribution in [2.24, 2.45) is 5.29 Å². The van der Waals surface area contributed by atoms with Crippen molar-refractivity contribution >= 4 is 5.82 Å². The third-order valence-corrected chi connectivity index (χ3v) is 4.35. The van der Waals surface area contributed by atoms with Gasteiger partial charge < -0.3 is 4.90 Å². The molecule has 3 rings (SSSR count). The average Bonchev–Trinajstić information content (AvgIpc) is 2.60. The Hall–Kier alpha value is -2.67. The quantitative estimate of drug-likeness (QED) is 0.767. The van der Waals surface area contributed by atoms with E-state index in [2.05, 4.69) is 17.4 Å².